The van der Waals surface area contributed by atoms with Crippen molar-refractivity contribution in [2.75, 3.05) is 18.9 Å². The number of hydrogen-bond acceptors (Lipinski definition) is 4. The van der Waals surface area contributed by atoms with Gasteiger partial charge in [0.1, 0.15) is 5.75 Å². The molecule has 0 N–H and O–H groups in total. The standard InChI is InChI=1S/C22H27NO4S/c1-2-3-16-27-20-13-11-18(12-14-20)22(24)23-15-7-8-19(23)17-28(25,26)21-9-5-4-6-10-21/h4-6,9-14,19H,2-3,7-8,15-17H2,1H3. The second kappa shape index (κ2) is 9.24. The van der Waals surface area contributed by atoms with Gasteiger partial charge < -0.3 is 9.64 Å². The number of rotatable bonds is 8. The summed E-state index contributed by atoms with van der Waals surface area (Å²) >= 11 is 0. The predicted molar refractivity (Wildman–Crippen MR) is 109 cm³/mol. The number of carbonyl (C=O) groups excluding carboxylic acids is 1. The Morgan fingerprint density at radius 3 is 2.50 bits per heavy atom. The van der Waals surface area contributed by atoms with Crippen LogP contribution in [0.1, 0.15) is 43.0 Å². The van der Waals surface area contributed by atoms with Gasteiger partial charge in [-0.3, -0.25) is 4.79 Å². The highest BCUT2D eigenvalue weighted by Gasteiger charge is 2.33. The molecule has 0 aromatic heterocycles. The van der Waals surface area contributed by atoms with E-state index in [4.69, 9.17) is 4.74 Å². The number of unbranched alkanes of at least 4 members (excludes halogenated alkanes) is 1. The molecule has 28 heavy (non-hydrogen) atoms. The third-order valence-corrected chi connectivity index (χ3v) is 6.83. The number of benzene rings is 2. The Morgan fingerprint density at radius 1 is 1.11 bits per heavy atom. The average Bonchev–Trinajstić information content (AvgIpc) is 3.16. The molecule has 2 aromatic rings. The van der Waals surface area contributed by atoms with E-state index in [2.05, 4.69) is 6.92 Å². The van der Waals surface area contributed by atoms with Crippen molar-refractivity contribution in [2.45, 2.75) is 43.5 Å². The zero-order valence-corrected chi connectivity index (χ0v) is 17.0. The normalized spacial score (nSPS) is 16.9. The molecule has 0 radical (unpaired) electrons. The minimum Gasteiger partial charge on any atom is -0.494 e. The fourth-order valence-electron chi connectivity index (χ4n) is 3.45. The number of nitrogens with zero attached hydrogens (tertiary/aromatic N) is 1. The molecule has 1 unspecified atom stereocenters. The highest BCUT2D eigenvalue weighted by atomic mass is 32.2. The molecule has 0 saturated carbocycles. The Bertz CT molecular complexity index is 879. The number of hydrogen-bond donors (Lipinski definition) is 0. The first-order chi connectivity index (χ1) is 13.5. The molecule has 1 atom stereocenters. The van der Waals surface area contributed by atoms with Gasteiger partial charge in [-0.2, -0.15) is 0 Å². The summed E-state index contributed by atoms with van der Waals surface area (Å²) in [6.07, 6.45) is 3.58. The van der Waals surface area contributed by atoms with E-state index in [0.29, 0.717) is 30.0 Å². The van der Waals surface area contributed by atoms with Crippen molar-refractivity contribution in [3.63, 3.8) is 0 Å². The Kier molecular flexibility index (Phi) is 6.73. The zero-order valence-electron chi connectivity index (χ0n) is 16.2. The monoisotopic (exact) mass is 401 g/mol. The topological polar surface area (TPSA) is 63.7 Å². The second-order valence-corrected chi connectivity index (χ2v) is 9.15. The highest BCUT2D eigenvalue weighted by Crippen LogP contribution is 2.24. The van der Waals surface area contributed by atoms with Crippen molar-refractivity contribution in [3.8, 4) is 5.75 Å². The molecule has 5 nitrogen and oxygen atoms in total. The molecule has 2 aromatic carbocycles. The summed E-state index contributed by atoms with van der Waals surface area (Å²) in [5.41, 5.74) is 0.562. The molecule has 1 saturated heterocycles. The van der Waals surface area contributed by atoms with Crippen molar-refractivity contribution >= 4 is 15.7 Å². The predicted octanol–water partition coefficient (Wildman–Crippen LogP) is 3.94. The molecule has 0 aliphatic carbocycles. The van der Waals surface area contributed by atoms with Crippen LogP contribution in [0.25, 0.3) is 0 Å². The lowest BCUT2D eigenvalue weighted by Gasteiger charge is -2.25. The van der Waals surface area contributed by atoms with Crippen LogP contribution in [0.4, 0.5) is 0 Å². The Balaban J connectivity index is 1.67. The molecule has 3 rings (SSSR count). The summed E-state index contributed by atoms with van der Waals surface area (Å²) in [6.45, 7) is 3.35. The van der Waals surface area contributed by atoms with Crippen molar-refractivity contribution in [3.05, 3.63) is 60.2 Å². The first kappa shape index (κ1) is 20.4. The Morgan fingerprint density at radius 2 is 1.82 bits per heavy atom. The summed E-state index contributed by atoms with van der Waals surface area (Å²) in [4.78, 5) is 15.0. The molecule has 150 valence electrons. The van der Waals surface area contributed by atoms with Gasteiger partial charge in [-0.1, -0.05) is 31.5 Å². The molecule has 1 aliphatic rings. The number of likely N-dealkylation sites (tertiary alicyclic amines) is 1. The number of sulfone groups is 1. The molecule has 1 fully saturated rings. The number of ether oxygens (including phenoxy) is 1. The van der Waals surface area contributed by atoms with Gasteiger partial charge in [0.15, 0.2) is 9.84 Å². The lowest BCUT2D eigenvalue weighted by Crippen LogP contribution is -2.39. The minimum absolute atomic E-state index is 0.0407. The maximum atomic E-state index is 12.9. The van der Waals surface area contributed by atoms with Gasteiger partial charge in [-0.15, -0.1) is 0 Å². The zero-order chi connectivity index (χ0) is 20.0. The lowest BCUT2D eigenvalue weighted by atomic mass is 10.1. The third-order valence-electron chi connectivity index (χ3n) is 5.02. The molecule has 0 bridgehead atoms. The quantitative estimate of drug-likeness (QED) is 0.629. The van der Waals surface area contributed by atoms with Crippen LogP contribution < -0.4 is 4.74 Å². The van der Waals surface area contributed by atoms with Crippen molar-refractivity contribution < 1.29 is 17.9 Å². The Hall–Kier alpha value is -2.34. The molecular formula is C22H27NO4S. The highest BCUT2D eigenvalue weighted by molar-refractivity contribution is 7.91. The largest absolute Gasteiger partial charge is 0.494 e. The minimum atomic E-state index is -3.43. The summed E-state index contributed by atoms with van der Waals surface area (Å²) in [7, 11) is -3.43. The maximum Gasteiger partial charge on any atom is 0.254 e. The van der Waals surface area contributed by atoms with Crippen LogP contribution in [0.3, 0.4) is 0 Å². The van der Waals surface area contributed by atoms with E-state index in [1.807, 2.05) is 0 Å². The van der Waals surface area contributed by atoms with Gasteiger partial charge in [-0.05, 0) is 55.7 Å². The van der Waals surface area contributed by atoms with Crippen LogP contribution in [0.2, 0.25) is 0 Å². The van der Waals surface area contributed by atoms with E-state index in [-0.39, 0.29) is 17.7 Å². The smallest absolute Gasteiger partial charge is 0.254 e. The van der Waals surface area contributed by atoms with Crippen LogP contribution in [-0.2, 0) is 9.84 Å². The average molecular weight is 402 g/mol. The molecule has 0 spiro atoms. The number of amides is 1. The van der Waals surface area contributed by atoms with Crippen molar-refractivity contribution in [2.24, 2.45) is 0 Å². The first-order valence-electron chi connectivity index (χ1n) is 9.83. The van der Waals surface area contributed by atoms with Gasteiger partial charge in [0.25, 0.3) is 5.91 Å². The van der Waals surface area contributed by atoms with E-state index >= 15 is 0 Å². The SMILES string of the molecule is CCCCOc1ccc(C(=O)N2CCCC2CS(=O)(=O)c2ccccc2)cc1. The maximum absolute atomic E-state index is 12.9. The van der Waals surface area contributed by atoms with E-state index in [0.717, 1.165) is 25.0 Å². The first-order valence-corrected chi connectivity index (χ1v) is 11.5. The van der Waals surface area contributed by atoms with Crippen LogP contribution in [-0.4, -0.2) is 44.2 Å². The van der Waals surface area contributed by atoms with Gasteiger partial charge in [-0.25, -0.2) is 8.42 Å². The van der Waals surface area contributed by atoms with Gasteiger partial charge >= 0.3 is 0 Å². The molecule has 6 heteroatoms. The van der Waals surface area contributed by atoms with Gasteiger partial charge in [0.2, 0.25) is 0 Å². The lowest BCUT2D eigenvalue weighted by molar-refractivity contribution is 0.0749. The van der Waals surface area contributed by atoms with Crippen LogP contribution in [0.15, 0.2) is 59.5 Å². The van der Waals surface area contributed by atoms with Crippen molar-refractivity contribution in [1.29, 1.82) is 0 Å². The fourth-order valence-corrected chi connectivity index (χ4v) is 5.07. The van der Waals surface area contributed by atoms with Crippen molar-refractivity contribution in [1.82, 2.24) is 4.90 Å². The summed E-state index contributed by atoms with van der Waals surface area (Å²) in [5.74, 6) is 0.585. The van der Waals surface area contributed by atoms with Crippen LogP contribution in [0.5, 0.6) is 5.75 Å². The number of carbonyl (C=O) groups is 1. The van der Waals surface area contributed by atoms with E-state index in [1.165, 1.54) is 0 Å². The summed E-state index contributed by atoms with van der Waals surface area (Å²) in [6, 6.07) is 15.3. The molecule has 1 heterocycles. The molecule has 1 amide bonds. The van der Waals surface area contributed by atoms with Crippen LogP contribution in [0, 0.1) is 0 Å². The second-order valence-electron chi connectivity index (χ2n) is 7.12. The Labute approximate surface area is 167 Å². The van der Waals surface area contributed by atoms with E-state index < -0.39 is 9.84 Å². The fraction of sp³-hybridized carbons (Fsp3) is 0.409. The van der Waals surface area contributed by atoms with E-state index in [9.17, 15) is 13.2 Å². The van der Waals surface area contributed by atoms with Crippen LogP contribution >= 0.6 is 0 Å². The third kappa shape index (κ3) is 4.93. The summed E-state index contributed by atoms with van der Waals surface area (Å²) < 4.78 is 31.1. The van der Waals surface area contributed by atoms with Gasteiger partial charge in [0, 0.05) is 18.2 Å². The van der Waals surface area contributed by atoms with E-state index in [1.54, 1.807) is 59.5 Å². The van der Waals surface area contributed by atoms with Gasteiger partial charge in [0.05, 0.1) is 17.3 Å². The summed E-state index contributed by atoms with van der Waals surface area (Å²) in [5, 5.41) is 0. The molecular weight excluding hydrogens is 374 g/mol. The molecule has 1 aliphatic heterocycles.